The maximum atomic E-state index is 10.7. The van der Waals surface area contributed by atoms with Crippen molar-refractivity contribution < 1.29 is 9.66 Å². The molecule has 0 spiro atoms. The highest BCUT2D eigenvalue weighted by molar-refractivity contribution is 7.80. The fourth-order valence-electron chi connectivity index (χ4n) is 1.34. The normalized spacial score (nSPS) is 9.94. The monoisotopic (exact) mass is 247 g/mol. The quantitative estimate of drug-likeness (QED) is 0.511. The van der Waals surface area contributed by atoms with Gasteiger partial charge in [0.1, 0.15) is 11.5 Å². The Bertz CT molecular complexity index is 543. The van der Waals surface area contributed by atoms with E-state index >= 15 is 0 Å². The molecule has 0 atom stereocenters. The topological polar surface area (TPSA) is 52.4 Å². The minimum Gasteiger partial charge on any atom is -0.457 e. The third-order valence-corrected chi connectivity index (χ3v) is 2.50. The Labute approximate surface area is 103 Å². The van der Waals surface area contributed by atoms with E-state index in [0.717, 1.165) is 0 Å². The average molecular weight is 247 g/mol. The van der Waals surface area contributed by atoms with Gasteiger partial charge in [0, 0.05) is 0 Å². The van der Waals surface area contributed by atoms with Gasteiger partial charge in [-0.1, -0.05) is 18.2 Å². The maximum absolute atomic E-state index is 10.7. The molecule has 2 rings (SSSR count). The van der Waals surface area contributed by atoms with Gasteiger partial charge < -0.3 is 4.74 Å². The summed E-state index contributed by atoms with van der Waals surface area (Å²) < 4.78 is 5.49. The molecule has 86 valence electrons. The van der Waals surface area contributed by atoms with Crippen LogP contribution in [-0.2, 0) is 0 Å². The van der Waals surface area contributed by atoms with Crippen LogP contribution in [0.15, 0.2) is 53.4 Å². The Hall–Kier alpha value is -2.01. The van der Waals surface area contributed by atoms with Crippen molar-refractivity contribution in [1.29, 1.82) is 0 Å². The van der Waals surface area contributed by atoms with E-state index in [2.05, 4.69) is 12.6 Å². The van der Waals surface area contributed by atoms with Crippen LogP contribution in [-0.4, -0.2) is 4.92 Å². The second-order valence-corrected chi connectivity index (χ2v) is 3.80. The molecule has 0 aliphatic carbocycles. The lowest BCUT2D eigenvalue weighted by Gasteiger charge is -2.05. The zero-order valence-corrected chi connectivity index (χ0v) is 9.63. The van der Waals surface area contributed by atoms with Crippen molar-refractivity contribution in [3.8, 4) is 11.5 Å². The highest BCUT2D eigenvalue weighted by atomic mass is 32.1. The second kappa shape index (κ2) is 4.88. The van der Waals surface area contributed by atoms with E-state index in [1.807, 2.05) is 18.2 Å². The van der Waals surface area contributed by atoms with Crippen LogP contribution in [0.25, 0.3) is 0 Å². The second-order valence-electron chi connectivity index (χ2n) is 3.32. The lowest BCUT2D eigenvalue weighted by atomic mass is 10.3. The molecule has 0 bridgehead atoms. The first-order valence-corrected chi connectivity index (χ1v) is 5.32. The van der Waals surface area contributed by atoms with Crippen LogP contribution < -0.4 is 4.74 Å². The molecule has 0 aliphatic heterocycles. The number of ether oxygens (including phenoxy) is 1. The zero-order valence-electron chi connectivity index (χ0n) is 8.74. The Kier molecular flexibility index (Phi) is 3.30. The van der Waals surface area contributed by atoms with Gasteiger partial charge >= 0.3 is 0 Å². The largest absolute Gasteiger partial charge is 0.457 e. The van der Waals surface area contributed by atoms with E-state index in [1.54, 1.807) is 24.3 Å². The van der Waals surface area contributed by atoms with Crippen molar-refractivity contribution in [2.75, 3.05) is 0 Å². The van der Waals surface area contributed by atoms with Crippen LogP contribution >= 0.6 is 12.6 Å². The van der Waals surface area contributed by atoms with E-state index in [1.165, 1.54) is 6.07 Å². The Morgan fingerprint density at radius 3 is 2.41 bits per heavy atom. The standard InChI is InChI=1S/C12H9NO3S/c14-13(15)11-8-10(6-7-12(11)17)16-9-4-2-1-3-5-9/h1-8,17H. The summed E-state index contributed by atoms with van der Waals surface area (Å²) in [7, 11) is 0. The smallest absolute Gasteiger partial charge is 0.286 e. The van der Waals surface area contributed by atoms with Gasteiger partial charge in [-0.15, -0.1) is 12.6 Å². The first kappa shape index (κ1) is 11.5. The number of para-hydroxylation sites is 1. The molecule has 0 heterocycles. The van der Waals surface area contributed by atoms with Crippen molar-refractivity contribution in [1.82, 2.24) is 0 Å². The summed E-state index contributed by atoms with van der Waals surface area (Å²) in [6.45, 7) is 0. The molecular formula is C12H9NO3S. The molecular weight excluding hydrogens is 238 g/mol. The molecule has 0 saturated carbocycles. The number of nitro groups is 1. The van der Waals surface area contributed by atoms with Gasteiger partial charge in [0.2, 0.25) is 0 Å². The molecule has 0 N–H and O–H groups in total. The summed E-state index contributed by atoms with van der Waals surface area (Å²) in [5.74, 6) is 1.05. The number of thiol groups is 1. The maximum Gasteiger partial charge on any atom is 0.286 e. The summed E-state index contributed by atoms with van der Waals surface area (Å²) in [5.41, 5.74) is -0.0678. The summed E-state index contributed by atoms with van der Waals surface area (Å²) in [5, 5.41) is 10.7. The highest BCUT2D eigenvalue weighted by Gasteiger charge is 2.12. The lowest BCUT2D eigenvalue weighted by Crippen LogP contribution is -1.91. The van der Waals surface area contributed by atoms with Crippen molar-refractivity contribution >= 4 is 18.3 Å². The average Bonchev–Trinajstić information content (AvgIpc) is 2.32. The van der Waals surface area contributed by atoms with Crippen molar-refractivity contribution in [2.45, 2.75) is 4.90 Å². The number of benzene rings is 2. The van der Waals surface area contributed by atoms with Crippen LogP contribution in [0.4, 0.5) is 5.69 Å². The fourth-order valence-corrected chi connectivity index (χ4v) is 1.56. The van der Waals surface area contributed by atoms with E-state index in [9.17, 15) is 10.1 Å². The Morgan fingerprint density at radius 1 is 1.06 bits per heavy atom. The van der Waals surface area contributed by atoms with Gasteiger partial charge in [-0.2, -0.15) is 0 Å². The highest BCUT2D eigenvalue weighted by Crippen LogP contribution is 2.29. The van der Waals surface area contributed by atoms with E-state index in [0.29, 0.717) is 16.4 Å². The van der Waals surface area contributed by atoms with Crippen LogP contribution in [0.1, 0.15) is 0 Å². The molecule has 0 aromatic heterocycles. The minimum atomic E-state index is -0.486. The van der Waals surface area contributed by atoms with Gasteiger partial charge in [0.05, 0.1) is 15.9 Å². The van der Waals surface area contributed by atoms with Crippen molar-refractivity contribution in [3.05, 3.63) is 58.6 Å². The minimum absolute atomic E-state index is 0.0678. The van der Waals surface area contributed by atoms with Crippen molar-refractivity contribution in [3.63, 3.8) is 0 Å². The van der Waals surface area contributed by atoms with Gasteiger partial charge in [0.25, 0.3) is 5.69 Å². The third-order valence-electron chi connectivity index (χ3n) is 2.12. The Morgan fingerprint density at radius 2 is 1.76 bits per heavy atom. The predicted molar refractivity (Wildman–Crippen MR) is 66.9 cm³/mol. The number of hydrogen-bond donors (Lipinski definition) is 1. The van der Waals surface area contributed by atoms with Gasteiger partial charge in [-0.3, -0.25) is 10.1 Å². The summed E-state index contributed by atoms with van der Waals surface area (Å²) in [4.78, 5) is 10.6. The molecule has 5 heteroatoms. The molecule has 4 nitrogen and oxygen atoms in total. The molecule has 2 aromatic rings. The van der Waals surface area contributed by atoms with E-state index < -0.39 is 4.92 Å². The van der Waals surface area contributed by atoms with Gasteiger partial charge in [-0.25, -0.2) is 0 Å². The summed E-state index contributed by atoms with van der Waals surface area (Å²) in [6, 6.07) is 13.6. The summed E-state index contributed by atoms with van der Waals surface area (Å²) >= 11 is 4.01. The summed E-state index contributed by atoms with van der Waals surface area (Å²) in [6.07, 6.45) is 0. The number of nitrogens with zero attached hydrogens (tertiary/aromatic N) is 1. The molecule has 0 aliphatic rings. The molecule has 17 heavy (non-hydrogen) atoms. The lowest BCUT2D eigenvalue weighted by molar-refractivity contribution is -0.387. The fraction of sp³-hybridized carbons (Fsp3) is 0. The van der Waals surface area contributed by atoms with E-state index in [4.69, 9.17) is 4.74 Å². The number of hydrogen-bond acceptors (Lipinski definition) is 4. The van der Waals surface area contributed by atoms with Gasteiger partial charge in [0.15, 0.2) is 0 Å². The molecule has 2 aromatic carbocycles. The van der Waals surface area contributed by atoms with Gasteiger partial charge in [-0.05, 0) is 24.3 Å². The first-order valence-electron chi connectivity index (χ1n) is 4.87. The number of rotatable bonds is 3. The third kappa shape index (κ3) is 2.76. The first-order chi connectivity index (χ1) is 8.16. The van der Waals surface area contributed by atoms with Crippen LogP contribution in [0.3, 0.4) is 0 Å². The van der Waals surface area contributed by atoms with Crippen LogP contribution in [0.2, 0.25) is 0 Å². The molecule has 0 radical (unpaired) electrons. The van der Waals surface area contributed by atoms with Crippen molar-refractivity contribution in [2.24, 2.45) is 0 Å². The molecule has 0 unspecified atom stereocenters. The number of nitro benzene ring substituents is 1. The Balaban J connectivity index is 2.29. The molecule has 0 fully saturated rings. The zero-order chi connectivity index (χ0) is 12.3. The SMILES string of the molecule is O=[N+]([O-])c1cc(Oc2ccccc2)ccc1S. The molecule has 0 amide bonds. The van der Waals surface area contributed by atoms with Crippen LogP contribution in [0.5, 0.6) is 11.5 Å². The van der Waals surface area contributed by atoms with E-state index in [-0.39, 0.29) is 5.69 Å². The molecule has 0 saturated heterocycles. The predicted octanol–water partition coefficient (Wildman–Crippen LogP) is 3.68. The van der Waals surface area contributed by atoms with Crippen LogP contribution in [0, 0.1) is 10.1 Å².